The van der Waals surface area contributed by atoms with Crippen molar-refractivity contribution in [3.05, 3.63) is 16.4 Å². The molecular formula is C8H11ClN2O. The smallest absolute Gasteiger partial charge is 0.133 e. The number of rotatable bonds is 1. The predicted molar refractivity (Wildman–Crippen MR) is 46.1 cm³/mol. The van der Waals surface area contributed by atoms with Crippen molar-refractivity contribution in [2.75, 3.05) is 0 Å². The number of aryl methyl sites for hydroxylation is 2. The molecule has 0 atom stereocenters. The largest absolute Gasteiger partial charge is 0.385 e. The van der Waals surface area contributed by atoms with Crippen LogP contribution in [0.2, 0.25) is 5.15 Å². The highest BCUT2D eigenvalue weighted by Crippen LogP contribution is 2.48. The van der Waals surface area contributed by atoms with E-state index >= 15 is 0 Å². The topological polar surface area (TPSA) is 38.0 Å². The van der Waals surface area contributed by atoms with Crippen molar-refractivity contribution in [2.45, 2.75) is 25.4 Å². The first-order chi connectivity index (χ1) is 5.54. The van der Waals surface area contributed by atoms with Crippen molar-refractivity contribution in [3.8, 4) is 0 Å². The minimum absolute atomic E-state index is 0.563. The van der Waals surface area contributed by atoms with E-state index in [9.17, 15) is 5.11 Å². The molecule has 0 spiro atoms. The Bertz CT molecular complexity index is 328. The molecule has 2 rings (SSSR count). The molecule has 0 aliphatic heterocycles. The molecular weight excluding hydrogens is 176 g/mol. The van der Waals surface area contributed by atoms with E-state index in [1.54, 1.807) is 11.7 Å². The quantitative estimate of drug-likeness (QED) is 0.720. The summed E-state index contributed by atoms with van der Waals surface area (Å²) in [5.41, 5.74) is 0.976. The van der Waals surface area contributed by atoms with Crippen LogP contribution >= 0.6 is 11.6 Å². The van der Waals surface area contributed by atoms with Crippen molar-refractivity contribution < 1.29 is 5.11 Å². The Kier molecular flexibility index (Phi) is 1.50. The number of halogens is 1. The van der Waals surface area contributed by atoms with Gasteiger partial charge < -0.3 is 5.11 Å². The van der Waals surface area contributed by atoms with Crippen molar-refractivity contribution in [3.63, 3.8) is 0 Å². The Hall–Kier alpha value is -0.540. The number of hydrogen-bond acceptors (Lipinski definition) is 2. The molecule has 1 fully saturated rings. The molecule has 1 heterocycles. The normalized spacial score (nSPS) is 19.7. The Labute approximate surface area is 76.0 Å². The molecule has 1 aliphatic carbocycles. The zero-order valence-corrected chi connectivity index (χ0v) is 7.89. The van der Waals surface area contributed by atoms with Gasteiger partial charge in [-0.15, -0.1) is 0 Å². The van der Waals surface area contributed by atoms with E-state index in [1.165, 1.54) is 0 Å². The lowest BCUT2D eigenvalue weighted by molar-refractivity contribution is 0.151. The number of nitrogens with zero attached hydrogens (tertiary/aromatic N) is 2. The molecule has 1 aromatic rings. The minimum Gasteiger partial charge on any atom is -0.385 e. The molecule has 0 bridgehead atoms. The van der Waals surface area contributed by atoms with E-state index in [4.69, 9.17) is 11.6 Å². The van der Waals surface area contributed by atoms with Crippen LogP contribution in [0.5, 0.6) is 0 Å². The second-order valence-electron chi connectivity index (χ2n) is 3.41. The molecule has 0 unspecified atom stereocenters. The Morgan fingerprint density at radius 3 is 2.50 bits per heavy atom. The van der Waals surface area contributed by atoms with Crippen LogP contribution in [-0.4, -0.2) is 14.9 Å². The number of aromatic nitrogens is 2. The molecule has 12 heavy (non-hydrogen) atoms. The van der Waals surface area contributed by atoms with E-state index in [1.807, 2.05) is 6.92 Å². The molecule has 4 heteroatoms. The van der Waals surface area contributed by atoms with Gasteiger partial charge in [-0.1, -0.05) is 11.6 Å². The van der Waals surface area contributed by atoms with Crippen molar-refractivity contribution in [1.82, 2.24) is 9.78 Å². The first kappa shape index (κ1) is 8.08. The fourth-order valence-corrected chi connectivity index (χ4v) is 1.88. The molecule has 1 saturated carbocycles. The average molecular weight is 187 g/mol. The Morgan fingerprint density at radius 2 is 2.17 bits per heavy atom. The van der Waals surface area contributed by atoms with Crippen LogP contribution in [0.1, 0.15) is 24.1 Å². The fraction of sp³-hybridized carbons (Fsp3) is 0.625. The zero-order valence-electron chi connectivity index (χ0n) is 7.13. The van der Waals surface area contributed by atoms with Gasteiger partial charge in [0.2, 0.25) is 0 Å². The minimum atomic E-state index is -0.671. The lowest BCUT2D eigenvalue weighted by Gasteiger charge is -2.05. The standard InChI is InChI=1S/C8H11ClN2O/c1-5-6(8(12)3-4-8)7(9)11(2)10-5/h12H,3-4H2,1-2H3. The molecule has 0 aromatic carbocycles. The van der Waals surface area contributed by atoms with Gasteiger partial charge in [0.05, 0.1) is 11.3 Å². The fourth-order valence-electron chi connectivity index (χ4n) is 1.53. The summed E-state index contributed by atoms with van der Waals surface area (Å²) in [5.74, 6) is 0. The van der Waals surface area contributed by atoms with Crippen LogP contribution in [0.25, 0.3) is 0 Å². The van der Waals surface area contributed by atoms with Gasteiger partial charge >= 0.3 is 0 Å². The van der Waals surface area contributed by atoms with Crippen LogP contribution in [0.3, 0.4) is 0 Å². The summed E-state index contributed by atoms with van der Waals surface area (Å²) in [7, 11) is 1.78. The molecule has 3 nitrogen and oxygen atoms in total. The van der Waals surface area contributed by atoms with Crippen molar-refractivity contribution in [2.24, 2.45) is 7.05 Å². The second kappa shape index (κ2) is 2.24. The van der Waals surface area contributed by atoms with E-state index in [0.29, 0.717) is 5.15 Å². The molecule has 1 N–H and O–H groups in total. The van der Waals surface area contributed by atoms with Crippen LogP contribution in [0.15, 0.2) is 0 Å². The summed E-state index contributed by atoms with van der Waals surface area (Å²) in [6, 6.07) is 0. The van der Waals surface area contributed by atoms with Gasteiger partial charge in [0, 0.05) is 12.6 Å². The molecule has 0 amide bonds. The molecule has 1 aromatic heterocycles. The van der Waals surface area contributed by atoms with Gasteiger partial charge in [-0.2, -0.15) is 5.10 Å². The Balaban J connectivity index is 2.55. The first-order valence-electron chi connectivity index (χ1n) is 3.96. The SMILES string of the molecule is Cc1nn(C)c(Cl)c1C1(O)CC1. The van der Waals surface area contributed by atoms with Crippen LogP contribution in [0.4, 0.5) is 0 Å². The summed E-state index contributed by atoms with van der Waals surface area (Å²) >= 11 is 5.98. The summed E-state index contributed by atoms with van der Waals surface area (Å²) in [4.78, 5) is 0. The van der Waals surface area contributed by atoms with E-state index in [-0.39, 0.29) is 0 Å². The monoisotopic (exact) mass is 186 g/mol. The summed E-state index contributed by atoms with van der Waals surface area (Å²) < 4.78 is 1.60. The van der Waals surface area contributed by atoms with Crippen molar-refractivity contribution in [1.29, 1.82) is 0 Å². The molecule has 0 radical (unpaired) electrons. The third kappa shape index (κ3) is 0.967. The zero-order chi connectivity index (χ0) is 8.93. The van der Waals surface area contributed by atoms with Crippen molar-refractivity contribution >= 4 is 11.6 Å². The third-order valence-electron chi connectivity index (χ3n) is 2.34. The first-order valence-corrected chi connectivity index (χ1v) is 4.34. The van der Waals surface area contributed by atoms with Gasteiger partial charge in [0.15, 0.2) is 0 Å². The van der Waals surface area contributed by atoms with Crippen LogP contribution < -0.4 is 0 Å². The van der Waals surface area contributed by atoms with Gasteiger partial charge in [-0.3, -0.25) is 4.68 Å². The lowest BCUT2D eigenvalue weighted by Crippen LogP contribution is -2.05. The van der Waals surface area contributed by atoms with Gasteiger partial charge in [-0.25, -0.2) is 0 Å². The summed E-state index contributed by atoms with van der Waals surface area (Å²) in [5, 5.41) is 14.5. The Morgan fingerprint density at radius 1 is 1.58 bits per heavy atom. The third-order valence-corrected chi connectivity index (χ3v) is 2.77. The summed E-state index contributed by atoms with van der Waals surface area (Å²) in [6.45, 7) is 1.87. The maximum absolute atomic E-state index is 9.84. The maximum Gasteiger partial charge on any atom is 0.133 e. The van der Waals surface area contributed by atoms with E-state index in [0.717, 1.165) is 24.1 Å². The van der Waals surface area contributed by atoms with E-state index in [2.05, 4.69) is 5.10 Å². The molecule has 0 saturated heterocycles. The predicted octanol–water partition coefficient (Wildman–Crippen LogP) is 1.36. The highest BCUT2D eigenvalue weighted by Gasteiger charge is 2.46. The van der Waals surface area contributed by atoms with Crippen LogP contribution in [-0.2, 0) is 12.6 Å². The summed E-state index contributed by atoms with van der Waals surface area (Å²) in [6.07, 6.45) is 1.61. The lowest BCUT2D eigenvalue weighted by atomic mass is 10.1. The number of hydrogen-bond donors (Lipinski definition) is 1. The maximum atomic E-state index is 9.84. The van der Waals surface area contributed by atoms with Gasteiger partial charge in [-0.05, 0) is 19.8 Å². The molecule has 66 valence electrons. The van der Waals surface area contributed by atoms with E-state index < -0.39 is 5.60 Å². The van der Waals surface area contributed by atoms with Gasteiger partial charge in [0.1, 0.15) is 5.15 Å². The molecule has 1 aliphatic rings. The highest BCUT2D eigenvalue weighted by molar-refractivity contribution is 6.30. The van der Waals surface area contributed by atoms with Crippen LogP contribution in [0, 0.1) is 6.92 Å². The number of aliphatic hydroxyl groups is 1. The van der Waals surface area contributed by atoms with Gasteiger partial charge in [0.25, 0.3) is 0 Å². The second-order valence-corrected chi connectivity index (χ2v) is 3.76. The highest BCUT2D eigenvalue weighted by atomic mass is 35.5. The average Bonchev–Trinajstić information content (AvgIpc) is 2.62.